The van der Waals surface area contributed by atoms with Gasteiger partial charge < -0.3 is 14.6 Å². The highest BCUT2D eigenvalue weighted by molar-refractivity contribution is 5.87. The van der Waals surface area contributed by atoms with Crippen LogP contribution in [0.3, 0.4) is 0 Å². The van der Waals surface area contributed by atoms with Gasteiger partial charge in [-0.15, -0.1) is 5.10 Å². The summed E-state index contributed by atoms with van der Waals surface area (Å²) >= 11 is 0. The lowest BCUT2D eigenvalue weighted by molar-refractivity contribution is 0.0514. The van der Waals surface area contributed by atoms with E-state index in [0.29, 0.717) is 29.3 Å². The molecule has 0 aliphatic carbocycles. The molecule has 0 saturated heterocycles. The Morgan fingerprint density at radius 1 is 1.39 bits per heavy atom. The molecule has 120 valence electrons. The van der Waals surface area contributed by atoms with Crippen LogP contribution in [-0.4, -0.2) is 42.7 Å². The number of carbonyl (C=O) groups is 1. The summed E-state index contributed by atoms with van der Waals surface area (Å²) in [6, 6.07) is 1.52. The average Bonchev–Trinajstić information content (AvgIpc) is 3.20. The zero-order chi connectivity index (χ0) is 16.2. The van der Waals surface area contributed by atoms with Gasteiger partial charge in [0.1, 0.15) is 6.33 Å². The van der Waals surface area contributed by atoms with Crippen molar-refractivity contribution in [1.82, 2.24) is 30.1 Å². The summed E-state index contributed by atoms with van der Waals surface area (Å²) in [5.74, 6) is 0.490. The van der Waals surface area contributed by atoms with Gasteiger partial charge in [-0.25, -0.2) is 19.4 Å². The number of esters is 1. The van der Waals surface area contributed by atoms with E-state index in [0.717, 1.165) is 0 Å². The quantitative estimate of drug-likeness (QED) is 0.664. The number of rotatable bonds is 6. The van der Waals surface area contributed by atoms with Crippen molar-refractivity contribution in [1.29, 1.82) is 0 Å². The first-order chi connectivity index (χ1) is 11.2. The highest BCUT2D eigenvalue weighted by atomic mass is 16.5. The van der Waals surface area contributed by atoms with Crippen molar-refractivity contribution in [3.63, 3.8) is 0 Å². The zero-order valence-electron chi connectivity index (χ0n) is 12.7. The minimum absolute atomic E-state index is 0.133. The highest BCUT2D eigenvalue weighted by Gasteiger charge is 2.15. The molecule has 23 heavy (non-hydrogen) atoms. The van der Waals surface area contributed by atoms with Crippen LogP contribution in [0, 0.1) is 0 Å². The molecule has 0 aliphatic heterocycles. The molecule has 0 aliphatic rings. The molecule has 3 heterocycles. The minimum Gasteiger partial charge on any atom is -0.461 e. The predicted octanol–water partition coefficient (Wildman–Crippen LogP) is 1.02. The fourth-order valence-electron chi connectivity index (χ4n) is 2.00. The smallest absolute Gasteiger partial charge is 0.360 e. The van der Waals surface area contributed by atoms with Crippen LogP contribution in [0.1, 0.15) is 30.1 Å². The van der Waals surface area contributed by atoms with E-state index in [-0.39, 0.29) is 18.8 Å². The molecule has 3 aromatic rings. The number of aromatic nitrogens is 6. The topological polar surface area (TPSA) is 121 Å². The fraction of sp³-hybridized carbons (Fsp3) is 0.385. The van der Waals surface area contributed by atoms with Crippen LogP contribution in [0.15, 0.2) is 16.9 Å². The summed E-state index contributed by atoms with van der Waals surface area (Å²) in [5, 5.41) is 14.8. The number of aryl methyl sites for hydroxylation is 1. The van der Waals surface area contributed by atoms with E-state index in [1.54, 1.807) is 11.6 Å². The molecule has 1 N–H and O–H groups in total. The predicted molar refractivity (Wildman–Crippen MR) is 78.6 cm³/mol. The summed E-state index contributed by atoms with van der Waals surface area (Å²) in [6.45, 7) is 4.92. The Balaban J connectivity index is 1.74. The lowest BCUT2D eigenvalue weighted by Crippen LogP contribution is -2.05. The molecule has 0 bridgehead atoms. The van der Waals surface area contributed by atoms with Crippen LogP contribution in [0.2, 0.25) is 0 Å². The van der Waals surface area contributed by atoms with E-state index in [4.69, 9.17) is 9.26 Å². The van der Waals surface area contributed by atoms with Gasteiger partial charge >= 0.3 is 5.97 Å². The van der Waals surface area contributed by atoms with Crippen molar-refractivity contribution >= 4 is 23.0 Å². The molecule has 0 atom stereocenters. The van der Waals surface area contributed by atoms with E-state index in [2.05, 4.69) is 30.8 Å². The SMILES string of the molecule is CCOC(=O)c1cc(CNc2ncnc3c2nnn3CC)on1. The zero-order valence-corrected chi connectivity index (χ0v) is 12.7. The number of fused-ring (bicyclic) bond motifs is 1. The van der Waals surface area contributed by atoms with Gasteiger partial charge in [0, 0.05) is 12.6 Å². The van der Waals surface area contributed by atoms with Gasteiger partial charge in [0.05, 0.1) is 13.2 Å². The van der Waals surface area contributed by atoms with Crippen molar-refractivity contribution in [2.45, 2.75) is 26.9 Å². The Hall–Kier alpha value is -3.04. The maximum Gasteiger partial charge on any atom is 0.360 e. The van der Waals surface area contributed by atoms with Crippen LogP contribution in [0.25, 0.3) is 11.2 Å². The summed E-state index contributed by atoms with van der Waals surface area (Å²) in [7, 11) is 0. The maximum atomic E-state index is 11.5. The molecule has 0 unspecified atom stereocenters. The molecule has 3 rings (SSSR count). The first kappa shape index (κ1) is 14.9. The molecule has 10 heteroatoms. The van der Waals surface area contributed by atoms with Crippen molar-refractivity contribution in [2.75, 3.05) is 11.9 Å². The van der Waals surface area contributed by atoms with Gasteiger partial charge in [0.2, 0.25) is 0 Å². The number of nitrogens with one attached hydrogen (secondary N) is 1. The Kier molecular flexibility index (Phi) is 4.13. The third-order valence-electron chi connectivity index (χ3n) is 3.07. The molecule has 0 radical (unpaired) electrons. The average molecular weight is 317 g/mol. The first-order valence-corrected chi connectivity index (χ1v) is 7.13. The third-order valence-corrected chi connectivity index (χ3v) is 3.07. The maximum absolute atomic E-state index is 11.5. The second kappa shape index (κ2) is 6.38. The Labute approximate surface area is 130 Å². The fourth-order valence-corrected chi connectivity index (χ4v) is 2.00. The van der Waals surface area contributed by atoms with Gasteiger partial charge in [0.25, 0.3) is 0 Å². The molecule has 0 aromatic carbocycles. The van der Waals surface area contributed by atoms with Crippen LogP contribution < -0.4 is 5.32 Å². The first-order valence-electron chi connectivity index (χ1n) is 7.13. The van der Waals surface area contributed by atoms with Gasteiger partial charge in [-0.3, -0.25) is 0 Å². The molecule has 10 nitrogen and oxygen atoms in total. The van der Waals surface area contributed by atoms with Crippen LogP contribution in [0.4, 0.5) is 5.82 Å². The second-order valence-electron chi connectivity index (χ2n) is 4.55. The molecular formula is C13H15N7O3. The van der Waals surface area contributed by atoms with Gasteiger partial charge in [-0.2, -0.15) is 0 Å². The minimum atomic E-state index is -0.516. The largest absolute Gasteiger partial charge is 0.461 e. The molecule has 0 saturated carbocycles. The van der Waals surface area contributed by atoms with E-state index < -0.39 is 5.97 Å². The number of nitrogens with zero attached hydrogens (tertiary/aromatic N) is 6. The molecule has 0 fully saturated rings. The van der Waals surface area contributed by atoms with E-state index in [9.17, 15) is 4.79 Å². The number of hydrogen-bond acceptors (Lipinski definition) is 9. The standard InChI is InChI=1S/C13H15N7O3/c1-3-20-12-10(17-19-20)11(15-7-16-12)14-6-8-5-9(18-23-8)13(21)22-4-2/h5,7H,3-4,6H2,1-2H3,(H,14,15,16). The van der Waals surface area contributed by atoms with Crippen molar-refractivity contribution in [3.05, 3.63) is 23.8 Å². The molecule has 0 spiro atoms. The van der Waals surface area contributed by atoms with Crippen molar-refractivity contribution in [3.8, 4) is 0 Å². The highest BCUT2D eigenvalue weighted by Crippen LogP contribution is 2.17. The van der Waals surface area contributed by atoms with E-state index >= 15 is 0 Å². The monoisotopic (exact) mass is 317 g/mol. The lowest BCUT2D eigenvalue weighted by atomic mass is 10.3. The van der Waals surface area contributed by atoms with Crippen LogP contribution in [0.5, 0.6) is 0 Å². The summed E-state index contributed by atoms with van der Waals surface area (Å²) in [6.07, 6.45) is 1.44. The van der Waals surface area contributed by atoms with Crippen molar-refractivity contribution in [2.24, 2.45) is 0 Å². The summed E-state index contributed by atoms with van der Waals surface area (Å²) < 4.78 is 11.6. The lowest BCUT2D eigenvalue weighted by Gasteiger charge is -2.02. The third kappa shape index (κ3) is 2.96. The Bertz CT molecular complexity index is 826. The van der Waals surface area contributed by atoms with E-state index in [1.807, 2.05) is 6.92 Å². The Morgan fingerprint density at radius 3 is 3.04 bits per heavy atom. The van der Waals surface area contributed by atoms with Crippen LogP contribution in [-0.2, 0) is 17.8 Å². The number of hydrogen-bond donors (Lipinski definition) is 1. The van der Waals surface area contributed by atoms with E-state index in [1.165, 1.54) is 12.4 Å². The molecule has 0 amide bonds. The van der Waals surface area contributed by atoms with Gasteiger partial charge in [-0.1, -0.05) is 10.4 Å². The summed E-state index contributed by atoms with van der Waals surface area (Å²) in [5.41, 5.74) is 1.35. The molecule has 3 aromatic heterocycles. The molecular weight excluding hydrogens is 302 g/mol. The number of carbonyl (C=O) groups excluding carboxylic acids is 1. The normalized spacial score (nSPS) is 10.9. The number of anilines is 1. The summed E-state index contributed by atoms with van der Waals surface area (Å²) in [4.78, 5) is 19.9. The number of ether oxygens (including phenoxy) is 1. The van der Waals surface area contributed by atoms with Crippen molar-refractivity contribution < 1.29 is 14.1 Å². The second-order valence-corrected chi connectivity index (χ2v) is 4.55. The van der Waals surface area contributed by atoms with Crippen LogP contribution >= 0.6 is 0 Å². The van der Waals surface area contributed by atoms with Gasteiger partial charge in [-0.05, 0) is 13.8 Å². The Morgan fingerprint density at radius 2 is 2.26 bits per heavy atom. The van der Waals surface area contributed by atoms with Gasteiger partial charge in [0.15, 0.2) is 28.4 Å².